The van der Waals surface area contributed by atoms with Crippen LogP contribution in [-0.2, 0) is 11.3 Å². The van der Waals surface area contributed by atoms with Crippen LogP contribution in [0.2, 0.25) is 0 Å². The van der Waals surface area contributed by atoms with Gasteiger partial charge in [0.2, 0.25) is 0 Å². The van der Waals surface area contributed by atoms with E-state index in [1.807, 2.05) is 0 Å². The second kappa shape index (κ2) is 8.17. The van der Waals surface area contributed by atoms with Gasteiger partial charge in [-0.1, -0.05) is 42.5 Å². The Kier molecular flexibility index (Phi) is 5.10. The number of nitrogens with zero attached hydrogens (tertiary/aromatic N) is 2. The summed E-state index contributed by atoms with van der Waals surface area (Å²) in [5, 5.41) is 3.45. The van der Waals surface area contributed by atoms with Crippen molar-refractivity contribution >= 4 is 16.8 Å². The molecule has 0 bridgehead atoms. The maximum atomic E-state index is 13.4. The highest BCUT2D eigenvalue weighted by molar-refractivity contribution is 5.90. The van der Waals surface area contributed by atoms with Gasteiger partial charge in [-0.2, -0.15) is 0 Å². The number of aryl methyl sites for hydroxylation is 1. The Morgan fingerprint density at radius 3 is 2.35 bits per heavy atom. The zero-order chi connectivity index (χ0) is 23.3. The van der Waals surface area contributed by atoms with Gasteiger partial charge >= 0.3 is 0 Å². The normalized spacial score (nSPS) is 20.2. The Hall–Kier alpha value is -3.31. The molecule has 1 saturated heterocycles. The number of hydrogen-bond acceptors (Lipinski definition) is 3. The number of nitrogens with one attached hydrogen (secondary N) is 1. The van der Waals surface area contributed by atoms with Crippen LogP contribution in [0.4, 0.5) is 4.39 Å². The highest BCUT2D eigenvalue weighted by atomic mass is 19.1. The number of aromatic nitrogens is 2. The van der Waals surface area contributed by atoms with E-state index in [-0.39, 0.29) is 17.2 Å². The summed E-state index contributed by atoms with van der Waals surface area (Å²) in [6.07, 6.45) is 2.93. The number of halogens is 1. The van der Waals surface area contributed by atoms with Crippen molar-refractivity contribution in [1.82, 2.24) is 14.9 Å². The monoisotopic (exact) mass is 453 g/mol. The fourth-order valence-electron chi connectivity index (χ4n) is 5.32. The minimum absolute atomic E-state index is 0.232. The van der Waals surface area contributed by atoms with Crippen molar-refractivity contribution in [2.45, 2.75) is 32.7 Å². The van der Waals surface area contributed by atoms with E-state index in [2.05, 4.69) is 59.3 Å². The second-order valence-electron chi connectivity index (χ2n) is 9.94. The Morgan fingerprint density at radius 2 is 1.71 bits per heavy atom. The number of carbonyl (C=O) groups is 1. The molecule has 172 valence electrons. The third-order valence-electron chi connectivity index (χ3n) is 7.40. The summed E-state index contributed by atoms with van der Waals surface area (Å²) in [4.78, 5) is 18.5. The average molecular weight is 454 g/mol. The summed E-state index contributed by atoms with van der Waals surface area (Å²) in [7, 11) is 0. The van der Waals surface area contributed by atoms with Crippen molar-refractivity contribution in [3.05, 3.63) is 78.1 Å². The number of imidazole rings is 1. The Bertz CT molecular complexity index is 1360. The highest BCUT2D eigenvalue weighted by Crippen LogP contribution is 2.42. The van der Waals surface area contributed by atoms with Crippen LogP contribution < -0.4 is 5.32 Å². The highest BCUT2D eigenvalue weighted by Gasteiger charge is 2.48. The van der Waals surface area contributed by atoms with Gasteiger partial charge in [0, 0.05) is 24.6 Å². The second-order valence-corrected chi connectivity index (χ2v) is 9.94. The number of benzene rings is 3. The van der Waals surface area contributed by atoms with Gasteiger partial charge < -0.3 is 9.88 Å². The zero-order valence-corrected chi connectivity index (χ0v) is 19.4. The van der Waals surface area contributed by atoms with E-state index in [9.17, 15) is 9.18 Å². The predicted molar refractivity (Wildman–Crippen MR) is 133 cm³/mol. The number of Topliss-reactive ketones (excluding diaryl/α,β-unsaturated/α-hetero) is 1. The number of rotatable bonds is 6. The summed E-state index contributed by atoms with van der Waals surface area (Å²) in [6, 6.07) is 21.2. The van der Waals surface area contributed by atoms with Crippen molar-refractivity contribution in [3.63, 3.8) is 0 Å². The zero-order valence-electron chi connectivity index (χ0n) is 19.4. The minimum Gasteiger partial charge on any atom is -0.323 e. The van der Waals surface area contributed by atoms with Crippen molar-refractivity contribution < 1.29 is 9.18 Å². The van der Waals surface area contributed by atoms with Gasteiger partial charge in [-0.05, 0) is 73.7 Å². The summed E-state index contributed by atoms with van der Waals surface area (Å²) in [6.45, 7) is 4.33. The first-order chi connectivity index (χ1) is 16.5. The SMILES string of the molecule is Cc1ccc2c(c1)nc(-c1ccc(-c3ccc(F)cc3)cc1)n2C[C@]1(C(=O)C2CC2)CCNC1. The van der Waals surface area contributed by atoms with Crippen LogP contribution in [0.3, 0.4) is 0 Å². The van der Waals surface area contributed by atoms with Crippen LogP contribution in [0.15, 0.2) is 66.7 Å². The topological polar surface area (TPSA) is 46.9 Å². The molecule has 4 nitrogen and oxygen atoms in total. The van der Waals surface area contributed by atoms with Crippen molar-refractivity contribution in [3.8, 4) is 22.5 Å². The molecule has 1 aliphatic heterocycles. The molecule has 0 spiro atoms. The molecule has 1 N–H and O–H groups in total. The van der Waals surface area contributed by atoms with Crippen LogP contribution in [0, 0.1) is 24.1 Å². The molecule has 6 rings (SSSR count). The van der Waals surface area contributed by atoms with Crippen LogP contribution >= 0.6 is 0 Å². The van der Waals surface area contributed by atoms with E-state index in [0.717, 1.165) is 65.9 Å². The molecule has 2 aliphatic rings. The smallest absolute Gasteiger partial charge is 0.145 e. The Morgan fingerprint density at radius 1 is 1.03 bits per heavy atom. The fourth-order valence-corrected chi connectivity index (χ4v) is 5.32. The molecule has 0 unspecified atom stereocenters. The van der Waals surface area contributed by atoms with Crippen LogP contribution in [-0.4, -0.2) is 28.4 Å². The molecule has 3 aromatic carbocycles. The van der Waals surface area contributed by atoms with Crippen LogP contribution in [0.25, 0.3) is 33.5 Å². The van der Waals surface area contributed by atoms with Crippen LogP contribution in [0.5, 0.6) is 0 Å². The third kappa shape index (κ3) is 3.74. The average Bonchev–Trinajstić information content (AvgIpc) is 3.49. The summed E-state index contributed by atoms with van der Waals surface area (Å²) in [5.74, 6) is 1.31. The standard InChI is InChI=1S/C29H28FN3O/c1-19-2-13-26-25(16-19)32-28(23-7-3-20(4-8-23)21-9-11-24(30)12-10-21)33(26)18-29(14-15-31-17-29)27(34)22-5-6-22/h2-4,7-13,16,22,31H,5-6,14-15,17-18H2,1H3/t29-/m0/s1. The lowest BCUT2D eigenvalue weighted by Crippen LogP contribution is -2.39. The number of carbonyl (C=O) groups excluding carboxylic acids is 1. The lowest BCUT2D eigenvalue weighted by molar-refractivity contribution is -0.129. The van der Waals surface area contributed by atoms with E-state index >= 15 is 0 Å². The van der Waals surface area contributed by atoms with Crippen molar-refractivity contribution in [1.29, 1.82) is 0 Å². The number of ketones is 1. The lowest BCUT2D eigenvalue weighted by atomic mass is 9.80. The molecule has 4 aromatic rings. The van der Waals surface area contributed by atoms with Gasteiger partial charge in [0.25, 0.3) is 0 Å². The first kappa shape index (κ1) is 21.2. The quantitative estimate of drug-likeness (QED) is 0.403. The molecule has 0 radical (unpaired) electrons. The van der Waals surface area contributed by atoms with E-state index in [0.29, 0.717) is 12.3 Å². The molecule has 1 aliphatic carbocycles. The number of fused-ring (bicyclic) bond motifs is 1. The van der Waals surface area contributed by atoms with Gasteiger partial charge in [-0.15, -0.1) is 0 Å². The van der Waals surface area contributed by atoms with E-state index in [1.165, 1.54) is 17.7 Å². The van der Waals surface area contributed by atoms with Gasteiger partial charge in [-0.3, -0.25) is 4.79 Å². The summed E-state index contributed by atoms with van der Waals surface area (Å²) >= 11 is 0. The summed E-state index contributed by atoms with van der Waals surface area (Å²) < 4.78 is 15.6. The third-order valence-corrected chi connectivity index (χ3v) is 7.40. The molecule has 1 aromatic heterocycles. The number of hydrogen-bond donors (Lipinski definition) is 1. The molecule has 2 fully saturated rings. The first-order valence-electron chi connectivity index (χ1n) is 12.1. The molecular formula is C29H28FN3O. The fraction of sp³-hybridized carbons (Fsp3) is 0.310. The maximum Gasteiger partial charge on any atom is 0.145 e. The Labute approximate surface area is 198 Å². The molecule has 0 amide bonds. The Balaban J connectivity index is 1.43. The van der Waals surface area contributed by atoms with E-state index in [4.69, 9.17) is 4.98 Å². The first-order valence-corrected chi connectivity index (χ1v) is 12.1. The van der Waals surface area contributed by atoms with Crippen molar-refractivity contribution in [2.75, 3.05) is 13.1 Å². The molecular weight excluding hydrogens is 425 g/mol. The molecule has 2 heterocycles. The molecule has 1 saturated carbocycles. The minimum atomic E-state index is -0.373. The van der Waals surface area contributed by atoms with E-state index < -0.39 is 0 Å². The van der Waals surface area contributed by atoms with Gasteiger partial charge in [0.05, 0.1) is 16.4 Å². The molecule has 5 heteroatoms. The van der Waals surface area contributed by atoms with E-state index in [1.54, 1.807) is 12.1 Å². The van der Waals surface area contributed by atoms with Crippen molar-refractivity contribution in [2.24, 2.45) is 11.3 Å². The van der Waals surface area contributed by atoms with Crippen LogP contribution in [0.1, 0.15) is 24.8 Å². The van der Waals surface area contributed by atoms with Gasteiger partial charge in [0.1, 0.15) is 17.4 Å². The molecule has 34 heavy (non-hydrogen) atoms. The lowest BCUT2D eigenvalue weighted by Gasteiger charge is -2.28. The van der Waals surface area contributed by atoms with Gasteiger partial charge in [0.15, 0.2) is 0 Å². The molecule has 1 atom stereocenters. The predicted octanol–water partition coefficient (Wildman–Crippen LogP) is 5.78. The largest absolute Gasteiger partial charge is 0.323 e. The maximum absolute atomic E-state index is 13.4. The van der Waals surface area contributed by atoms with Gasteiger partial charge in [-0.25, -0.2) is 9.37 Å². The summed E-state index contributed by atoms with van der Waals surface area (Å²) in [5.41, 5.74) is 5.84.